The lowest BCUT2D eigenvalue weighted by atomic mass is 10.2. The summed E-state index contributed by atoms with van der Waals surface area (Å²) in [7, 11) is 1.59. The summed E-state index contributed by atoms with van der Waals surface area (Å²) in [5.41, 5.74) is -0.0986. The zero-order chi connectivity index (χ0) is 12.1. The smallest absolute Gasteiger partial charge is 0.256 e. The van der Waals surface area contributed by atoms with Gasteiger partial charge in [-0.1, -0.05) is 15.9 Å². The molecule has 0 saturated carbocycles. The zero-order valence-corrected chi connectivity index (χ0v) is 10.4. The zero-order valence-electron chi connectivity index (χ0n) is 8.84. The van der Waals surface area contributed by atoms with Crippen molar-refractivity contribution in [1.29, 1.82) is 0 Å². The largest absolute Gasteiger partial charge is 0.342 e. The van der Waals surface area contributed by atoms with Crippen molar-refractivity contribution in [3.8, 4) is 0 Å². The van der Waals surface area contributed by atoms with Crippen LogP contribution in [0.4, 0.5) is 8.78 Å². The number of hydrogen-bond donors (Lipinski definition) is 0. The Balaban J connectivity index is 2.79. The summed E-state index contributed by atoms with van der Waals surface area (Å²) < 4.78 is 25.9. The van der Waals surface area contributed by atoms with Crippen LogP contribution >= 0.6 is 15.9 Å². The second kappa shape index (κ2) is 5.94. The fourth-order valence-corrected chi connectivity index (χ4v) is 1.52. The first-order valence-corrected chi connectivity index (χ1v) is 5.95. The molecule has 0 saturated heterocycles. The van der Waals surface area contributed by atoms with Gasteiger partial charge in [-0.3, -0.25) is 4.79 Å². The number of amides is 1. The molecule has 0 aromatic heterocycles. The molecular weight excluding hydrogens is 280 g/mol. The van der Waals surface area contributed by atoms with Crippen LogP contribution in [0.2, 0.25) is 0 Å². The minimum Gasteiger partial charge on any atom is -0.342 e. The number of nitrogens with zero attached hydrogens (tertiary/aromatic N) is 1. The third kappa shape index (κ3) is 3.27. The van der Waals surface area contributed by atoms with Crippen LogP contribution in [0.3, 0.4) is 0 Å². The molecule has 0 unspecified atom stereocenters. The number of rotatable bonds is 4. The number of carbonyl (C=O) groups excluding carboxylic acids is 1. The molecule has 0 radical (unpaired) electrons. The number of halogens is 3. The van der Waals surface area contributed by atoms with E-state index >= 15 is 0 Å². The summed E-state index contributed by atoms with van der Waals surface area (Å²) in [5, 5.41) is 0.774. The molecule has 0 bridgehead atoms. The van der Waals surface area contributed by atoms with E-state index in [0.717, 1.165) is 23.9 Å². The van der Waals surface area contributed by atoms with Crippen molar-refractivity contribution in [3.05, 3.63) is 35.4 Å². The highest BCUT2D eigenvalue weighted by Crippen LogP contribution is 2.11. The lowest BCUT2D eigenvalue weighted by Gasteiger charge is -2.16. The van der Waals surface area contributed by atoms with Crippen molar-refractivity contribution in [1.82, 2.24) is 4.90 Å². The highest BCUT2D eigenvalue weighted by molar-refractivity contribution is 9.09. The van der Waals surface area contributed by atoms with E-state index in [4.69, 9.17) is 0 Å². The molecule has 1 aromatic carbocycles. The van der Waals surface area contributed by atoms with Crippen LogP contribution in [0.25, 0.3) is 0 Å². The molecule has 88 valence electrons. The average molecular weight is 292 g/mol. The average Bonchev–Trinajstić information content (AvgIpc) is 2.25. The highest BCUT2D eigenvalue weighted by Gasteiger charge is 2.15. The van der Waals surface area contributed by atoms with Gasteiger partial charge in [-0.2, -0.15) is 0 Å². The van der Waals surface area contributed by atoms with Crippen LogP contribution in [-0.4, -0.2) is 29.7 Å². The van der Waals surface area contributed by atoms with Gasteiger partial charge in [-0.05, 0) is 18.6 Å². The highest BCUT2D eigenvalue weighted by atomic mass is 79.9. The van der Waals surface area contributed by atoms with Crippen molar-refractivity contribution in [3.63, 3.8) is 0 Å². The fraction of sp³-hybridized carbons (Fsp3) is 0.364. The van der Waals surface area contributed by atoms with Crippen LogP contribution in [0.5, 0.6) is 0 Å². The van der Waals surface area contributed by atoms with Gasteiger partial charge < -0.3 is 4.90 Å². The maximum Gasteiger partial charge on any atom is 0.256 e. The topological polar surface area (TPSA) is 20.3 Å². The predicted octanol–water partition coefficient (Wildman–Crippen LogP) is 2.82. The van der Waals surface area contributed by atoms with Crippen molar-refractivity contribution in [2.24, 2.45) is 0 Å². The summed E-state index contributed by atoms with van der Waals surface area (Å²) >= 11 is 3.25. The van der Waals surface area contributed by atoms with Gasteiger partial charge in [-0.15, -0.1) is 0 Å². The number of carbonyl (C=O) groups is 1. The Morgan fingerprint density at radius 3 is 2.69 bits per heavy atom. The summed E-state index contributed by atoms with van der Waals surface area (Å²) in [6, 6.07) is 2.96. The predicted molar refractivity (Wildman–Crippen MR) is 61.7 cm³/mol. The van der Waals surface area contributed by atoms with Crippen LogP contribution in [0.15, 0.2) is 18.2 Å². The molecule has 0 fully saturated rings. The number of benzene rings is 1. The van der Waals surface area contributed by atoms with E-state index in [2.05, 4.69) is 15.9 Å². The van der Waals surface area contributed by atoms with Gasteiger partial charge in [0.15, 0.2) is 0 Å². The molecule has 5 heteroatoms. The van der Waals surface area contributed by atoms with E-state index in [9.17, 15) is 13.6 Å². The summed E-state index contributed by atoms with van der Waals surface area (Å²) in [6.07, 6.45) is 0.783. The van der Waals surface area contributed by atoms with Gasteiger partial charge in [0.2, 0.25) is 0 Å². The van der Waals surface area contributed by atoms with E-state index in [-0.39, 0.29) is 5.56 Å². The lowest BCUT2D eigenvalue weighted by Crippen LogP contribution is -2.28. The first kappa shape index (κ1) is 13.1. The van der Waals surface area contributed by atoms with Gasteiger partial charge in [0.25, 0.3) is 5.91 Å². The van der Waals surface area contributed by atoms with Crippen LogP contribution < -0.4 is 0 Å². The van der Waals surface area contributed by atoms with Crippen molar-refractivity contribution in [2.75, 3.05) is 18.9 Å². The molecule has 0 heterocycles. The minimum absolute atomic E-state index is 0.0986. The molecular formula is C11H12BrF2NO. The van der Waals surface area contributed by atoms with Gasteiger partial charge in [0.05, 0.1) is 5.56 Å². The molecule has 0 atom stereocenters. The molecule has 2 nitrogen and oxygen atoms in total. The first-order chi connectivity index (χ1) is 7.56. The number of alkyl halides is 1. The maximum absolute atomic E-state index is 13.3. The summed E-state index contributed by atoms with van der Waals surface area (Å²) in [5.74, 6) is -1.94. The third-order valence-electron chi connectivity index (χ3n) is 2.14. The quantitative estimate of drug-likeness (QED) is 0.781. The Morgan fingerprint density at radius 1 is 1.44 bits per heavy atom. The molecule has 0 spiro atoms. The number of hydrogen-bond acceptors (Lipinski definition) is 1. The monoisotopic (exact) mass is 291 g/mol. The van der Waals surface area contributed by atoms with Crippen molar-refractivity contribution < 1.29 is 13.6 Å². The molecule has 16 heavy (non-hydrogen) atoms. The molecule has 0 aliphatic rings. The Hall–Kier alpha value is -0.970. The normalized spacial score (nSPS) is 10.2. The lowest BCUT2D eigenvalue weighted by molar-refractivity contribution is 0.0791. The van der Waals surface area contributed by atoms with E-state index in [1.165, 1.54) is 4.90 Å². The van der Waals surface area contributed by atoms with Gasteiger partial charge in [0, 0.05) is 25.0 Å². The first-order valence-electron chi connectivity index (χ1n) is 4.82. The third-order valence-corrected chi connectivity index (χ3v) is 2.70. The minimum atomic E-state index is -0.823. The van der Waals surface area contributed by atoms with E-state index in [0.29, 0.717) is 12.6 Å². The Kier molecular flexibility index (Phi) is 4.86. The molecule has 0 aliphatic heterocycles. The SMILES string of the molecule is CN(CCCBr)C(=O)c1ccc(F)cc1F. The van der Waals surface area contributed by atoms with Gasteiger partial charge in [-0.25, -0.2) is 8.78 Å². The Labute approximate surface area is 101 Å². The van der Waals surface area contributed by atoms with E-state index < -0.39 is 17.5 Å². The maximum atomic E-state index is 13.3. The molecule has 1 aromatic rings. The second-order valence-electron chi connectivity index (χ2n) is 3.39. The molecule has 1 amide bonds. The summed E-state index contributed by atoms with van der Waals surface area (Å²) in [4.78, 5) is 13.1. The standard InChI is InChI=1S/C11H12BrF2NO/c1-15(6-2-5-12)11(16)9-4-3-8(13)7-10(9)14/h3-4,7H,2,5-6H2,1H3. The molecule has 1 rings (SSSR count). The van der Waals surface area contributed by atoms with Crippen LogP contribution in [0.1, 0.15) is 16.8 Å². The molecule has 0 aliphatic carbocycles. The van der Waals surface area contributed by atoms with Crippen LogP contribution in [0, 0.1) is 11.6 Å². The van der Waals surface area contributed by atoms with Crippen molar-refractivity contribution in [2.45, 2.75) is 6.42 Å². The Morgan fingerprint density at radius 2 is 2.12 bits per heavy atom. The second-order valence-corrected chi connectivity index (χ2v) is 4.19. The van der Waals surface area contributed by atoms with Gasteiger partial charge >= 0.3 is 0 Å². The van der Waals surface area contributed by atoms with Crippen LogP contribution in [-0.2, 0) is 0 Å². The Bertz CT molecular complexity index is 384. The molecule has 0 N–H and O–H groups in total. The van der Waals surface area contributed by atoms with Gasteiger partial charge in [0.1, 0.15) is 11.6 Å². The fourth-order valence-electron chi connectivity index (χ4n) is 1.27. The van der Waals surface area contributed by atoms with E-state index in [1.807, 2.05) is 0 Å². The van der Waals surface area contributed by atoms with Crippen molar-refractivity contribution >= 4 is 21.8 Å². The summed E-state index contributed by atoms with van der Waals surface area (Å²) in [6.45, 7) is 0.529. The van der Waals surface area contributed by atoms with E-state index in [1.54, 1.807) is 7.05 Å².